The average Bonchev–Trinajstić information content (AvgIpc) is 3.31. The maximum atomic E-state index is 13.0. The fourth-order valence-electron chi connectivity index (χ4n) is 7.44. The van der Waals surface area contributed by atoms with Gasteiger partial charge in [0.1, 0.15) is 55.4 Å². The minimum absolute atomic E-state index is 0.155. The molecule has 2 rings (SSSR count). The first-order chi connectivity index (χ1) is 32.0. The van der Waals surface area contributed by atoms with E-state index in [-0.39, 0.29) is 19.4 Å². The van der Waals surface area contributed by atoms with Gasteiger partial charge in [0.05, 0.1) is 19.8 Å². The SMILES string of the molecule is CC/C=C/C=C/C=C/C=C/CCCCCCCC(=O)OC[C@H](CO[C@@H]1O[C@H](CO[C@@H]2O[C@H](CO)[C@H](O)C(O)C2O)[C@H](O)C(O)C1O)OC(=O)CCCCCCCCCCC/C=C/CCCC. The number of esters is 2. The van der Waals surface area contributed by atoms with Crippen molar-refractivity contribution in [2.45, 2.75) is 223 Å². The Hall–Kier alpha value is -2.80. The number of rotatable bonds is 37. The number of aliphatic hydroxyl groups is 7. The van der Waals surface area contributed by atoms with Crippen molar-refractivity contribution in [3.63, 3.8) is 0 Å². The molecular weight excluding hydrogens is 853 g/mol. The van der Waals surface area contributed by atoms with Crippen LogP contribution in [0.5, 0.6) is 0 Å². The largest absolute Gasteiger partial charge is 0.462 e. The van der Waals surface area contributed by atoms with Crippen molar-refractivity contribution in [3.05, 3.63) is 60.8 Å². The molecule has 66 heavy (non-hydrogen) atoms. The molecular formula is C51H86O15. The molecule has 2 aliphatic heterocycles. The van der Waals surface area contributed by atoms with Gasteiger partial charge in [-0.3, -0.25) is 9.59 Å². The van der Waals surface area contributed by atoms with E-state index < -0.39 is 99.3 Å². The number of unbranched alkanes of at least 4 members (excludes halogenated alkanes) is 16. The van der Waals surface area contributed by atoms with Gasteiger partial charge in [-0.15, -0.1) is 0 Å². The Morgan fingerprint density at radius 3 is 1.55 bits per heavy atom. The Labute approximate surface area is 394 Å². The third kappa shape index (κ3) is 26.1. The molecule has 15 nitrogen and oxygen atoms in total. The molecule has 0 bridgehead atoms. The van der Waals surface area contributed by atoms with Gasteiger partial charge in [-0.1, -0.05) is 152 Å². The first-order valence-electron chi connectivity index (χ1n) is 24.9. The van der Waals surface area contributed by atoms with Crippen LogP contribution in [-0.4, -0.2) is 142 Å². The lowest BCUT2D eigenvalue weighted by Crippen LogP contribution is -2.61. The van der Waals surface area contributed by atoms with Crippen molar-refractivity contribution < 1.29 is 73.8 Å². The quantitative estimate of drug-likeness (QED) is 0.0153. The zero-order valence-corrected chi connectivity index (χ0v) is 39.9. The van der Waals surface area contributed by atoms with Crippen molar-refractivity contribution >= 4 is 11.9 Å². The van der Waals surface area contributed by atoms with E-state index in [1.807, 2.05) is 36.5 Å². The van der Waals surface area contributed by atoms with Crippen LogP contribution in [0.1, 0.15) is 155 Å². The number of carbonyl (C=O) groups is 2. The molecule has 2 heterocycles. The van der Waals surface area contributed by atoms with E-state index >= 15 is 0 Å². The molecule has 2 aliphatic rings. The van der Waals surface area contributed by atoms with Crippen molar-refractivity contribution in [2.75, 3.05) is 26.4 Å². The van der Waals surface area contributed by atoms with E-state index in [2.05, 4.69) is 38.2 Å². The third-order valence-corrected chi connectivity index (χ3v) is 11.6. The standard InChI is InChI=1S/C51H86O15/c1-3-5-7-9-11-13-15-17-19-21-23-25-27-29-31-33-42(53)61-36-39(64-43(54)34-32-30-28-26-24-22-20-18-16-14-12-10-8-6-4-2)37-62-50-49(60)47(58)45(56)41(66-50)38-63-51-48(59)46(57)44(55)40(35-52)65-51/h5,7,9-13,15,17,19,39-41,44-52,55-60H,3-4,6,8,14,16,18,20-38H2,1-2H3/b7-5+,11-9+,12-10+,15-13+,19-17+/t39-,40-,41-,44+,45+,46?,47?,48?,49?,50-,51-/m1/s1. The molecule has 0 amide bonds. The van der Waals surface area contributed by atoms with E-state index in [0.717, 1.165) is 70.6 Å². The molecule has 2 saturated heterocycles. The Morgan fingerprint density at radius 2 is 0.970 bits per heavy atom. The van der Waals surface area contributed by atoms with E-state index in [4.69, 9.17) is 28.4 Å². The molecule has 4 unspecified atom stereocenters. The Bertz CT molecular complexity index is 1380. The summed E-state index contributed by atoms with van der Waals surface area (Å²) in [5.74, 6) is -0.959. The van der Waals surface area contributed by atoms with E-state index in [9.17, 15) is 45.3 Å². The van der Waals surface area contributed by atoms with Crippen LogP contribution in [0.3, 0.4) is 0 Å². The molecule has 0 radical (unpaired) electrons. The van der Waals surface area contributed by atoms with E-state index in [0.29, 0.717) is 12.8 Å². The summed E-state index contributed by atoms with van der Waals surface area (Å²) in [7, 11) is 0. The molecule has 15 heteroatoms. The summed E-state index contributed by atoms with van der Waals surface area (Å²) >= 11 is 0. The van der Waals surface area contributed by atoms with Crippen molar-refractivity contribution in [3.8, 4) is 0 Å². The topological polar surface area (TPSA) is 231 Å². The lowest BCUT2D eigenvalue weighted by atomic mass is 9.98. The van der Waals surface area contributed by atoms with Gasteiger partial charge in [-0.25, -0.2) is 0 Å². The molecule has 7 N–H and O–H groups in total. The monoisotopic (exact) mass is 939 g/mol. The van der Waals surface area contributed by atoms with Crippen LogP contribution in [0.2, 0.25) is 0 Å². The van der Waals surface area contributed by atoms with Gasteiger partial charge in [-0.05, 0) is 51.4 Å². The number of hydrogen-bond donors (Lipinski definition) is 7. The maximum absolute atomic E-state index is 13.0. The normalized spacial score (nSPS) is 26.7. The fourth-order valence-corrected chi connectivity index (χ4v) is 7.44. The first kappa shape index (κ1) is 59.3. The van der Waals surface area contributed by atoms with Gasteiger partial charge in [0.15, 0.2) is 18.7 Å². The van der Waals surface area contributed by atoms with Crippen LogP contribution in [0, 0.1) is 0 Å². The third-order valence-electron chi connectivity index (χ3n) is 11.6. The van der Waals surface area contributed by atoms with E-state index in [1.54, 1.807) is 0 Å². The highest BCUT2D eigenvalue weighted by Crippen LogP contribution is 2.26. The van der Waals surface area contributed by atoms with Crippen molar-refractivity contribution in [2.24, 2.45) is 0 Å². The maximum Gasteiger partial charge on any atom is 0.306 e. The fraction of sp³-hybridized carbons (Fsp3) is 0.765. The highest BCUT2D eigenvalue weighted by Gasteiger charge is 2.47. The first-order valence-corrected chi connectivity index (χ1v) is 24.9. The van der Waals surface area contributed by atoms with Gasteiger partial charge in [0.25, 0.3) is 0 Å². The van der Waals surface area contributed by atoms with Gasteiger partial charge in [0.2, 0.25) is 0 Å². The Balaban J connectivity index is 1.83. The molecule has 0 aromatic rings. The Morgan fingerprint density at radius 1 is 0.500 bits per heavy atom. The zero-order valence-electron chi connectivity index (χ0n) is 39.9. The number of ether oxygens (including phenoxy) is 6. The highest BCUT2D eigenvalue weighted by atomic mass is 16.7. The highest BCUT2D eigenvalue weighted by molar-refractivity contribution is 5.70. The van der Waals surface area contributed by atoms with Gasteiger partial charge in [0, 0.05) is 12.8 Å². The van der Waals surface area contributed by atoms with Gasteiger partial charge < -0.3 is 64.2 Å². The molecule has 380 valence electrons. The van der Waals surface area contributed by atoms with Gasteiger partial charge in [-0.2, -0.15) is 0 Å². The predicted octanol–water partition coefficient (Wildman–Crippen LogP) is 6.49. The summed E-state index contributed by atoms with van der Waals surface area (Å²) in [6, 6.07) is 0. The number of hydrogen-bond acceptors (Lipinski definition) is 15. The minimum atomic E-state index is -1.77. The van der Waals surface area contributed by atoms with Crippen LogP contribution >= 0.6 is 0 Å². The number of carbonyl (C=O) groups excluding carboxylic acids is 2. The molecule has 0 spiro atoms. The van der Waals surface area contributed by atoms with Crippen LogP contribution in [0.15, 0.2) is 60.8 Å². The average molecular weight is 939 g/mol. The summed E-state index contributed by atoms with van der Waals surface area (Å²) in [6.07, 6.45) is 25.3. The molecule has 2 fully saturated rings. The second-order valence-corrected chi connectivity index (χ2v) is 17.3. The smallest absolute Gasteiger partial charge is 0.306 e. The molecule has 0 saturated carbocycles. The zero-order chi connectivity index (χ0) is 48.2. The molecule has 11 atom stereocenters. The molecule has 0 aromatic carbocycles. The summed E-state index contributed by atoms with van der Waals surface area (Å²) in [6.45, 7) is 2.38. The lowest BCUT2D eigenvalue weighted by molar-refractivity contribution is -0.332. The number of allylic oxidation sites excluding steroid dienone is 10. The van der Waals surface area contributed by atoms with Crippen molar-refractivity contribution in [1.82, 2.24) is 0 Å². The second kappa shape index (κ2) is 38.1. The van der Waals surface area contributed by atoms with Crippen LogP contribution in [0.4, 0.5) is 0 Å². The second-order valence-electron chi connectivity index (χ2n) is 17.3. The van der Waals surface area contributed by atoms with Crippen molar-refractivity contribution in [1.29, 1.82) is 0 Å². The van der Waals surface area contributed by atoms with Crippen LogP contribution in [-0.2, 0) is 38.0 Å². The minimum Gasteiger partial charge on any atom is -0.462 e. The van der Waals surface area contributed by atoms with Gasteiger partial charge >= 0.3 is 11.9 Å². The summed E-state index contributed by atoms with van der Waals surface area (Å²) in [4.78, 5) is 25.7. The predicted molar refractivity (Wildman–Crippen MR) is 252 cm³/mol. The summed E-state index contributed by atoms with van der Waals surface area (Å²) < 4.78 is 33.5. The Kier molecular flexibility index (Phi) is 34.2. The molecule has 0 aliphatic carbocycles. The lowest BCUT2D eigenvalue weighted by Gasteiger charge is -2.42. The summed E-state index contributed by atoms with van der Waals surface area (Å²) in [5.41, 5.74) is 0. The van der Waals surface area contributed by atoms with E-state index in [1.165, 1.54) is 44.9 Å². The number of aliphatic hydroxyl groups excluding tert-OH is 7. The molecule has 0 aromatic heterocycles. The van der Waals surface area contributed by atoms with Crippen LogP contribution < -0.4 is 0 Å². The van der Waals surface area contributed by atoms with Crippen LogP contribution in [0.25, 0.3) is 0 Å². The summed E-state index contributed by atoms with van der Waals surface area (Å²) in [5, 5.41) is 72.0.